The Bertz CT molecular complexity index is 510. The minimum absolute atomic E-state index is 0.257. The summed E-state index contributed by atoms with van der Waals surface area (Å²) >= 11 is 0. The first-order valence-corrected chi connectivity index (χ1v) is 13.8. The van der Waals surface area contributed by atoms with Crippen molar-refractivity contribution in [3.8, 4) is 0 Å². The Morgan fingerprint density at radius 1 is 0.767 bits per heavy atom. The van der Waals surface area contributed by atoms with Gasteiger partial charge in [-0.1, -0.05) is 104 Å². The van der Waals surface area contributed by atoms with Gasteiger partial charge in [-0.25, -0.2) is 0 Å². The molecule has 0 aromatic carbocycles. The van der Waals surface area contributed by atoms with E-state index in [4.69, 9.17) is 0 Å². The van der Waals surface area contributed by atoms with E-state index in [9.17, 15) is 22.9 Å². The third-order valence-corrected chi connectivity index (χ3v) is 6.34. The number of carbonyl (C=O) groups excluding carboxylic acids is 1. The predicted molar refractivity (Wildman–Crippen MR) is 124 cm³/mol. The summed E-state index contributed by atoms with van der Waals surface area (Å²) in [5, 5.41) is 13.0. The number of nitrogens with one attached hydrogen (secondary N) is 1. The lowest BCUT2D eigenvalue weighted by molar-refractivity contribution is -0.122. The first-order valence-electron chi connectivity index (χ1n) is 12.2. The lowest BCUT2D eigenvalue weighted by Crippen LogP contribution is -2.47. The van der Waals surface area contributed by atoms with Crippen LogP contribution in [0.15, 0.2) is 0 Å². The quantitative estimate of drug-likeness (QED) is 0.161. The molecule has 2 atom stereocenters. The molecule has 0 spiro atoms. The van der Waals surface area contributed by atoms with Gasteiger partial charge in [0.15, 0.2) is 0 Å². The molecule has 0 heterocycles. The molecule has 0 aliphatic heterocycles. The summed E-state index contributed by atoms with van der Waals surface area (Å²) in [5.41, 5.74) is 0. The molecule has 0 rings (SSSR count). The SMILES string of the molecule is CCCCCCCCCCC(O)C(CS(=O)(=O)O)NC(=O)CCCCCCCCC. The van der Waals surface area contributed by atoms with Crippen molar-refractivity contribution in [2.75, 3.05) is 5.75 Å². The first kappa shape index (κ1) is 29.3. The molecule has 180 valence electrons. The summed E-state index contributed by atoms with van der Waals surface area (Å²) in [4.78, 5) is 12.2. The molecule has 0 aromatic heterocycles. The van der Waals surface area contributed by atoms with E-state index in [1.165, 1.54) is 57.8 Å². The molecule has 0 saturated heterocycles. The molecule has 0 fully saturated rings. The lowest BCUT2D eigenvalue weighted by Gasteiger charge is -2.23. The highest BCUT2D eigenvalue weighted by atomic mass is 32.2. The standard InChI is InChI=1S/C23H47NO5S/c1-3-5-7-9-11-13-14-16-18-22(25)21(20-30(27,28)29)24-23(26)19-17-15-12-10-8-6-4-2/h21-22,25H,3-20H2,1-2H3,(H,24,26)(H,27,28,29). The Balaban J connectivity index is 4.17. The third-order valence-electron chi connectivity index (χ3n) is 5.56. The number of aliphatic hydroxyl groups is 1. The topological polar surface area (TPSA) is 104 Å². The zero-order chi connectivity index (χ0) is 22.7. The van der Waals surface area contributed by atoms with E-state index < -0.39 is 28.0 Å². The highest BCUT2D eigenvalue weighted by Crippen LogP contribution is 2.13. The maximum absolute atomic E-state index is 12.2. The second kappa shape index (κ2) is 19.1. The largest absolute Gasteiger partial charge is 0.391 e. The van der Waals surface area contributed by atoms with E-state index in [0.717, 1.165) is 38.5 Å². The molecule has 7 heteroatoms. The Morgan fingerprint density at radius 3 is 1.67 bits per heavy atom. The van der Waals surface area contributed by atoms with Gasteiger partial charge in [0.1, 0.15) is 0 Å². The first-order chi connectivity index (χ1) is 14.3. The molecule has 0 bridgehead atoms. The van der Waals surface area contributed by atoms with E-state index in [-0.39, 0.29) is 5.91 Å². The number of amides is 1. The van der Waals surface area contributed by atoms with Gasteiger partial charge in [0.05, 0.1) is 17.9 Å². The van der Waals surface area contributed by atoms with Crippen LogP contribution in [-0.4, -0.2) is 41.9 Å². The maximum Gasteiger partial charge on any atom is 0.266 e. The second-order valence-electron chi connectivity index (χ2n) is 8.62. The molecule has 1 amide bonds. The van der Waals surface area contributed by atoms with Gasteiger partial charge in [-0.05, 0) is 12.8 Å². The van der Waals surface area contributed by atoms with Crippen molar-refractivity contribution in [2.24, 2.45) is 0 Å². The zero-order valence-corrected chi connectivity index (χ0v) is 20.2. The van der Waals surface area contributed by atoms with Crippen molar-refractivity contribution in [3.63, 3.8) is 0 Å². The average Bonchev–Trinajstić information content (AvgIpc) is 2.67. The van der Waals surface area contributed by atoms with Crippen molar-refractivity contribution < 1.29 is 22.9 Å². The fourth-order valence-electron chi connectivity index (χ4n) is 3.69. The maximum atomic E-state index is 12.2. The number of hydrogen-bond donors (Lipinski definition) is 3. The highest BCUT2D eigenvalue weighted by molar-refractivity contribution is 7.85. The molecule has 30 heavy (non-hydrogen) atoms. The van der Waals surface area contributed by atoms with E-state index in [0.29, 0.717) is 12.8 Å². The van der Waals surface area contributed by atoms with Crippen LogP contribution < -0.4 is 5.32 Å². The number of unbranched alkanes of at least 4 members (excludes halogenated alkanes) is 13. The van der Waals surface area contributed by atoms with Gasteiger partial charge in [0.2, 0.25) is 5.91 Å². The number of carbonyl (C=O) groups is 1. The van der Waals surface area contributed by atoms with Crippen LogP contribution in [-0.2, 0) is 14.9 Å². The number of aliphatic hydroxyl groups excluding tert-OH is 1. The molecule has 0 saturated carbocycles. The van der Waals surface area contributed by atoms with Crippen LogP contribution >= 0.6 is 0 Å². The summed E-state index contributed by atoms with van der Waals surface area (Å²) in [6.45, 7) is 4.37. The molecule has 0 radical (unpaired) electrons. The van der Waals surface area contributed by atoms with Crippen LogP contribution in [0.3, 0.4) is 0 Å². The van der Waals surface area contributed by atoms with Crippen molar-refractivity contribution in [1.29, 1.82) is 0 Å². The van der Waals surface area contributed by atoms with E-state index in [1.807, 2.05) is 0 Å². The van der Waals surface area contributed by atoms with E-state index >= 15 is 0 Å². The van der Waals surface area contributed by atoms with Gasteiger partial charge in [0.25, 0.3) is 10.1 Å². The smallest absolute Gasteiger partial charge is 0.266 e. The molecule has 2 unspecified atom stereocenters. The van der Waals surface area contributed by atoms with Crippen molar-refractivity contribution in [3.05, 3.63) is 0 Å². The fraction of sp³-hybridized carbons (Fsp3) is 0.957. The fourth-order valence-corrected chi connectivity index (χ4v) is 4.45. The second-order valence-corrected chi connectivity index (χ2v) is 10.1. The van der Waals surface area contributed by atoms with Crippen molar-refractivity contribution in [2.45, 2.75) is 135 Å². The van der Waals surface area contributed by atoms with Crippen LogP contribution in [0, 0.1) is 0 Å². The van der Waals surface area contributed by atoms with Crippen LogP contribution in [0.4, 0.5) is 0 Å². The molecule has 6 nitrogen and oxygen atoms in total. The minimum Gasteiger partial charge on any atom is -0.391 e. The summed E-state index contributed by atoms with van der Waals surface area (Å²) in [5.74, 6) is -0.902. The molecular formula is C23H47NO5S. The van der Waals surface area contributed by atoms with Gasteiger partial charge in [-0.2, -0.15) is 8.42 Å². The molecule has 0 aliphatic carbocycles. The van der Waals surface area contributed by atoms with Gasteiger partial charge in [-0.3, -0.25) is 9.35 Å². The van der Waals surface area contributed by atoms with Crippen LogP contribution in [0.1, 0.15) is 123 Å². The van der Waals surface area contributed by atoms with E-state index in [1.54, 1.807) is 0 Å². The molecule has 3 N–H and O–H groups in total. The molecule has 0 aromatic rings. The monoisotopic (exact) mass is 449 g/mol. The Labute approximate surface area is 185 Å². The van der Waals surface area contributed by atoms with Crippen molar-refractivity contribution >= 4 is 16.0 Å². The highest BCUT2D eigenvalue weighted by Gasteiger charge is 2.25. The summed E-state index contributed by atoms with van der Waals surface area (Å²) in [7, 11) is -4.27. The predicted octanol–water partition coefficient (Wildman–Crippen LogP) is 5.39. The summed E-state index contributed by atoms with van der Waals surface area (Å²) in [6.07, 6.45) is 16.5. The third kappa shape index (κ3) is 19.3. The van der Waals surface area contributed by atoms with Crippen LogP contribution in [0.2, 0.25) is 0 Å². The Kier molecular flexibility index (Phi) is 18.6. The van der Waals surface area contributed by atoms with Gasteiger partial charge in [0, 0.05) is 6.42 Å². The summed E-state index contributed by atoms with van der Waals surface area (Å²) < 4.78 is 31.8. The number of rotatable bonds is 21. The van der Waals surface area contributed by atoms with Gasteiger partial charge < -0.3 is 10.4 Å². The van der Waals surface area contributed by atoms with Crippen molar-refractivity contribution in [1.82, 2.24) is 5.32 Å². The van der Waals surface area contributed by atoms with Crippen LogP contribution in [0.25, 0.3) is 0 Å². The lowest BCUT2D eigenvalue weighted by atomic mass is 10.0. The average molecular weight is 450 g/mol. The van der Waals surface area contributed by atoms with Gasteiger partial charge in [-0.15, -0.1) is 0 Å². The summed E-state index contributed by atoms with van der Waals surface area (Å²) in [6, 6.07) is -0.957. The molecular weight excluding hydrogens is 402 g/mol. The van der Waals surface area contributed by atoms with Crippen LogP contribution in [0.5, 0.6) is 0 Å². The molecule has 0 aliphatic rings. The Hall–Kier alpha value is -0.660. The van der Waals surface area contributed by atoms with E-state index in [2.05, 4.69) is 19.2 Å². The van der Waals surface area contributed by atoms with Gasteiger partial charge >= 0.3 is 0 Å². The zero-order valence-electron chi connectivity index (χ0n) is 19.4. The minimum atomic E-state index is -4.27. The normalized spacial score (nSPS) is 13.9. The Morgan fingerprint density at radius 2 is 1.20 bits per heavy atom. The number of hydrogen-bond acceptors (Lipinski definition) is 4.